The summed E-state index contributed by atoms with van der Waals surface area (Å²) in [6, 6.07) is 9.08. The molecule has 2 atom stereocenters. The molecule has 5 nitrogen and oxygen atoms in total. The van der Waals surface area contributed by atoms with E-state index in [-0.39, 0.29) is 0 Å². The fourth-order valence-electron chi connectivity index (χ4n) is 4.69. The number of hydrogen-bond acceptors (Lipinski definition) is 6. The van der Waals surface area contributed by atoms with E-state index in [9.17, 15) is 5.11 Å². The van der Waals surface area contributed by atoms with Crippen molar-refractivity contribution < 1.29 is 5.11 Å². The van der Waals surface area contributed by atoms with Crippen LogP contribution in [-0.4, -0.2) is 45.4 Å². The zero-order chi connectivity index (χ0) is 18.4. The number of anilines is 1. The van der Waals surface area contributed by atoms with Gasteiger partial charge in [-0.1, -0.05) is 0 Å². The standard InChI is InChI=1S/C21H24N4OS/c1-13-12-19(22-16-4-2-9-25-10-3-5-17(16)25)23-24-20(13)15-6-7-18-14(21(15)26)8-11-27-18/h6-8,11-12,16-17,26H,2-5,9-10H2,1H3,(H,22,23)/t16-,17-/m1/s1. The number of piperidine rings is 1. The number of hydrogen-bond donors (Lipinski definition) is 2. The Kier molecular flexibility index (Phi) is 4.25. The van der Waals surface area contributed by atoms with Crippen LogP contribution in [-0.2, 0) is 0 Å². The van der Waals surface area contributed by atoms with Crippen LogP contribution < -0.4 is 5.32 Å². The van der Waals surface area contributed by atoms with Crippen LogP contribution in [0.25, 0.3) is 21.3 Å². The van der Waals surface area contributed by atoms with E-state index in [1.165, 1.54) is 38.8 Å². The van der Waals surface area contributed by atoms with Crippen LogP contribution in [0.15, 0.2) is 29.6 Å². The Balaban J connectivity index is 1.42. The molecule has 2 fully saturated rings. The molecule has 2 aliphatic rings. The highest BCUT2D eigenvalue weighted by molar-refractivity contribution is 7.17. The maximum absolute atomic E-state index is 10.7. The molecule has 4 heterocycles. The molecule has 2 aromatic heterocycles. The predicted octanol–water partition coefficient (Wildman–Crippen LogP) is 4.41. The molecule has 0 bridgehead atoms. The van der Waals surface area contributed by atoms with Gasteiger partial charge in [0.2, 0.25) is 0 Å². The highest BCUT2D eigenvalue weighted by Gasteiger charge is 2.34. The first-order valence-corrected chi connectivity index (χ1v) is 10.6. The molecule has 6 heteroatoms. The van der Waals surface area contributed by atoms with Crippen molar-refractivity contribution in [3.05, 3.63) is 35.2 Å². The molecule has 140 valence electrons. The summed E-state index contributed by atoms with van der Waals surface area (Å²) in [5.41, 5.74) is 2.52. The highest BCUT2D eigenvalue weighted by Crippen LogP contribution is 2.38. The Morgan fingerprint density at radius 2 is 2.00 bits per heavy atom. The van der Waals surface area contributed by atoms with E-state index in [0.717, 1.165) is 32.7 Å². The Hall–Kier alpha value is -2.18. The van der Waals surface area contributed by atoms with Crippen molar-refractivity contribution in [2.45, 2.75) is 44.7 Å². The van der Waals surface area contributed by atoms with Gasteiger partial charge in [0.15, 0.2) is 0 Å². The molecule has 0 saturated carbocycles. The maximum Gasteiger partial charge on any atom is 0.149 e. The molecular weight excluding hydrogens is 356 g/mol. The monoisotopic (exact) mass is 380 g/mol. The van der Waals surface area contributed by atoms with E-state index in [1.807, 2.05) is 30.5 Å². The van der Waals surface area contributed by atoms with Gasteiger partial charge < -0.3 is 10.4 Å². The van der Waals surface area contributed by atoms with E-state index in [1.54, 1.807) is 11.3 Å². The number of rotatable bonds is 3. The summed E-state index contributed by atoms with van der Waals surface area (Å²) in [4.78, 5) is 2.62. The van der Waals surface area contributed by atoms with Crippen LogP contribution in [0.4, 0.5) is 5.82 Å². The van der Waals surface area contributed by atoms with Crippen molar-refractivity contribution in [3.8, 4) is 17.0 Å². The average molecular weight is 381 g/mol. The van der Waals surface area contributed by atoms with Crippen LogP contribution in [0.2, 0.25) is 0 Å². The number of phenolic OH excluding ortho intramolecular Hbond substituents is 1. The minimum Gasteiger partial charge on any atom is -0.507 e. The molecule has 0 unspecified atom stereocenters. The summed E-state index contributed by atoms with van der Waals surface area (Å²) in [6.07, 6.45) is 5.01. The van der Waals surface area contributed by atoms with Gasteiger partial charge in [0.25, 0.3) is 0 Å². The van der Waals surface area contributed by atoms with Gasteiger partial charge in [-0.3, -0.25) is 4.90 Å². The molecule has 0 amide bonds. The second kappa shape index (κ2) is 6.77. The van der Waals surface area contributed by atoms with Crippen molar-refractivity contribution in [1.82, 2.24) is 15.1 Å². The van der Waals surface area contributed by atoms with Crippen LogP contribution in [0, 0.1) is 6.92 Å². The molecule has 5 rings (SSSR count). The molecule has 2 aliphatic heterocycles. The van der Waals surface area contributed by atoms with Crippen LogP contribution in [0.5, 0.6) is 5.75 Å². The average Bonchev–Trinajstić information content (AvgIpc) is 3.33. The van der Waals surface area contributed by atoms with Gasteiger partial charge in [-0.15, -0.1) is 21.5 Å². The zero-order valence-corrected chi connectivity index (χ0v) is 16.3. The lowest BCUT2D eigenvalue weighted by Crippen LogP contribution is -2.47. The van der Waals surface area contributed by atoms with Gasteiger partial charge in [-0.05, 0) is 80.9 Å². The molecule has 2 N–H and O–H groups in total. The zero-order valence-electron chi connectivity index (χ0n) is 15.5. The van der Waals surface area contributed by atoms with E-state index >= 15 is 0 Å². The number of nitrogens with zero attached hydrogens (tertiary/aromatic N) is 3. The maximum atomic E-state index is 10.7. The van der Waals surface area contributed by atoms with Gasteiger partial charge in [0.05, 0.1) is 5.69 Å². The van der Waals surface area contributed by atoms with Crippen molar-refractivity contribution in [2.75, 3.05) is 18.4 Å². The summed E-state index contributed by atoms with van der Waals surface area (Å²) >= 11 is 1.63. The minimum atomic E-state index is 0.292. The molecular formula is C21H24N4OS. The number of fused-ring (bicyclic) bond motifs is 2. The van der Waals surface area contributed by atoms with Gasteiger partial charge in [0.1, 0.15) is 11.6 Å². The normalized spacial score (nSPS) is 22.9. The lowest BCUT2D eigenvalue weighted by molar-refractivity contribution is 0.183. The van der Waals surface area contributed by atoms with Crippen LogP contribution in [0.3, 0.4) is 0 Å². The van der Waals surface area contributed by atoms with Crippen LogP contribution >= 0.6 is 11.3 Å². The fourth-order valence-corrected chi connectivity index (χ4v) is 5.48. The van der Waals surface area contributed by atoms with E-state index in [4.69, 9.17) is 0 Å². The van der Waals surface area contributed by atoms with Gasteiger partial charge in [-0.25, -0.2) is 0 Å². The van der Waals surface area contributed by atoms with E-state index < -0.39 is 0 Å². The Bertz CT molecular complexity index is 985. The third-order valence-corrected chi connectivity index (χ3v) is 6.90. The summed E-state index contributed by atoms with van der Waals surface area (Å²) in [5, 5.41) is 26.1. The molecule has 2 saturated heterocycles. The molecule has 0 spiro atoms. The highest BCUT2D eigenvalue weighted by atomic mass is 32.1. The molecule has 1 aromatic carbocycles. The number of aryl methyl sites for hydroxylation is 1. The third-order valence-electron chi connectivity index (χ3n) is 6.02. The Labute approximate surface area is 163 Å². The van der Waals surface area contributed by atoms with Gasteiger partial charge in [0, 0.05) is 27.7 Å². The number of aromatic hydroxyl groups is 1. The minimum absolute atomic E-state index is 0.292. The van der Waals surface area contributed by atoms with Crippen molar-refractivity contribution in [1.29, 1.82) is 0 Å². The van der Waals surface area contributed by atoms with Crippen LogP contribution in [0.1, 0.15) is 31.2 Å². The lowest BCUT2D eigenvalue weighted by atomic mass is 9.96. The number of phenols is 1. The summed E-state index contributed by atoms with van der Waals surface area (Å²) in [6.45, 7) is 4.50. The van der Waals surface area contributed by atoms with Crippen molar-refractivity contribution >= 4 is 27.2 Å². The molecule has 3 aromatic rings. The summed E-state index contributed by atoms with van der Waals surface area (Å²) in [5.74, 6) is 1.13. The summed E-state index contributed by atoms with van der Waals surface area (Å²) in [7, 11) is 0. The third kappa shape index (κ3) is 2.97. The SMILES string of the molecule is Cc1cc(N[C@@H]2CCCN3CCC[C@H]23)nnc1-c1ccc2sccc2c1O. The molecule has 27 heavy (non-hydrogen) atoms. The second-order valence-electron chi connectivity index (χ2n) is 7.69. The Morgan fingerprint density at radius 1 is 1.15 bits per heavy atom. The number of nitrogens with one attached hydrogen (secondary N) is 1. The quantitative estimate of drug-likeness (QED) is 0.705. The number of thiophene rings is 1. The number of aromatic nitrogens is 2. The summed E-state index contributed by atoms with van der Waals surface area (Å²) < 4.78 is 1.08. The van der Waals surface area contributed by atoms with Crippen molar-refractivity contribution in [2.24, 2.45) is 0 Å². The first-order valence-electron chi connectivity index (χ1n) is 9.75. The topological polar surface area (TPSA) is 61.3 Å². The smallest absolute Gasteiger partial charge is 0.149 e. The lowest BCUT2D eigenvalue weighted by Gasteiger charge is -2.37. The van der Waals surface area contributed by atoms with E-state index in [2.05, 4.69) is 26.5 Å². The van der Waals surface area contributed by atoms with Gasteiger partial charge in [-0.2, -0.15) is 0 Å². The molecule has 0 aliphatic carbocycles. The number of benzene rings is 1. The first kappa shape index (κ1) is 17.0. The predicted molar refractivity (Wildman–Crippen MR) is 110 cm³/mol. The molecule has 0 radical (unpaired) electrons. The second-order valence-corrected chi connectivity index (χ2v) is 8.64. The fraction of sp³-hybridized carbons (Fsp3) is 0.429. The largest absolute Gasteiger partial charge is 0.507 e. The first-order chi connectivity index (χ1) is 13.2. The van der Waals surface area contributed by atoms with E-state index in [0.29, 0.717) is 17.8 Å². The van der Waals surface area contributed by atoms with Crippen molar-refractivity contribution in [3.63, 3.8) is 0 Å². The van der Waals surface area contributed by atoms with Gasteiger partial charge >= 0.3 is 0 Å². The Morgan fingerprint density at radius 3 is 2.85 bits per heavy atom.